The first-order valence-electron chi connectivity index (χ1n) is 11.1. The van der Waals surface area contributed by atoms with Crippen molar-refractivity contribution in [3.8, 4) is 0 Å². The summed E-state index contributed by atoms with van der Waals surface area (Å²) in [7, 11) is 0. The van der Waals surface area contributed by atoms with Crippen molar-refractivity contribution in [1.82, 2.24) is 10.2 Å². The minimum Gasteiger partial charge on any atom is -0.376 e. The third-order valence-corrected chi connectivity index (χ3v) is 6.21. The number of benzene rings is 2. The molecule has 158 valence electrons. The van der Waals surface area contributed by atoms with Crippen LogP contribution < -0.4 is 10.6 Å². The van der Waals surface area contributed by atoms with Gasteiger partial charge in [-0.2, -0.15) is 0 Å². The molecule has 2 amide bonds. The summed E-state index contributed by atoms with van der Waals surface area (Å²) in [4.78, 5) is 26.9. The highest BCUT2D eigenvalue weighted by Crippen LogP contribution is 2.24. The van der Waals surface area contributed by atoms with Gasteiger partial charge in [0.1, 0.15) is 0 Å². The molecule has 0 radical (unpaired) electrons. The number of nitrogens with zero attached hydrogens (tertiary/aromatic N) is 1. The smallest absolute Gasteiger partial charge is 0.253 e. The quantitative estimate of drug-likeness (QED) is 0.761. The van der Waals surface area contributed by atoms with Crippen molar-refractivity contribution in [3.05, 3.63) is 64.7 Å². The number of carbonyl (C=O) groups is 2. The van der Waals surface area contributed by atoms with Gasteiger partial charge in [-0.1, -0.05) is 24.3 Å². The van der Waals surface area contributed by atoms with E-state index in [2.05, 4.69) is 28.8 Å². The molecule has 30 heavy (non-hydrogen) atoms. The molecule has 0 aromatic heterocycles. The monoisotopic (exact) mass is 405 g/mol. The van der Waals surface area contributed by atoms with Gasteiger partial charge in [0, 0.05) is 24.3 Å². The molecular formula is C25H31N3O2. The van der Waals surface area contributed by atoms with E-state index in [1.54, 1.807) is 0 Å². The van der Waals surface area contributed by atoms with Crippen LogP contribution in [0.3, 0.4) is 0 Å². The van der Waals surface area contributed by atoms with E-state index in [-0.39, 0.29) is 24.4 Å². The first-order valence-corrected chi connectivity index (χ1v) is 11.1. The van der Waals surface area contributed by atoms with E-state index in [1.165, 1.54) is 30.4 Å². The van der Waals surface area contributed by atoms with Crippen LogP contribution in [0.1, 0.15) is 65.7 Å². The highest BCUT2D eigenvalue weighted by molar-refractivity contribution is 5.95. The fraction of sp³-hybridized carbons (Fsp3) is 0.440. The van der Waals surface area contributed by atoms with Crippen LogP contribution >= 0.6 is 0 Å². The van der Waals surface area contributed by atoms with Crippen LogP contribution in [0.4, 0.5) is 5.69 Å². The summed E-state index contributed by atoms with van der Waals surface area (Å²) in [6.07, 6.45) is 6.98. The molecule has 1 fully saturated rings. The standard InChI is InChI=1S/C25H31N3O2/c1-18(20-12-11-19-7-2-3-8-21(19)15-20)27-24(29)17-26-23-10-6-9-22(16-23)25(30)28-13-4-5-14-28/h6,9-12,15-16,18,26H,2-5,7-8,13-14,17H2,1H3,(H,27,29)/t18-/m0/s1. The van der Waals surface area contributed by atoms with E-state index in [1.807, 2.05) is 36.1 Å². The topological polar surface area (TPSA) is 61.4 Å². The predicted octanol–water partition coefficient (Wildman–Crippen LogP) is 4.09. The van der Waals surface area contributed by atoms with Crippen LogP contribution in [0.25, 0.3) is 0 Å². The molecule has 1 heterocycles. The SMILES string of the molecule is C[C@H](NC(=O)CNc1cccc(C(=O)N2CCCC2)c1)c1ccc2c(c1)CCCC2. The maximum absolute atomic E-state index is 12.6. The number of hydrogen-bond donors (Lipinski definition) is 2. The molecular weight excluding hydrogens is 374 g/mol. The average molecular weight is 406 g/mol. The lowest BCUT2D eigenvalue weighted by Gasteiger charge is -2.20. The second kappa shape index (κ2) is 9.33. The van der Waals surface area contributed by atoms with Gasteiger partial charge >= 0.3 is 0 Å². The summed E-state index contributed by atoms with van der Waals surface area (Å²) < 4.78 is 0. The zero-order chi connectivity index (χ0) is 20.9. The first kappa shape index (κ1) is 20.5. The summed E-state index contributed by atoms with van der Waals surface area (Å²) in [6, 6.07) is 14.0. The fourth-order valence-corrected chi connectivity index (χ4v) is 4.45. The van der Waals surface area contributed by atoms with Crippen LogP contribution in [0.5, 0.6) is 0 Å². The Bertz CT molecular complexity index is 918. The van der Waals surface area contributed by atoms with E-state index < -0.39 is 0 Å². The molecule has 2 N–H and O–H groups in total. The Labute approximate surface area is 178 Å². The lowest BCUT2D eigenvalue weighted by molar-refractivity contribution is -0.120. The Morgan fingerprint density at radius 3 is 2.53 bits per heavy atom. The molecule has 0 unspecified atom stereocenters. The Balaban J connectivity index is 1.31. The molecule has 1 atom stereocenters. The molecule has 4 rings (SSSR count). The van der Waals surface area contributed by atoms with E-state index in [0.717, 1.165) is 43.6 Å². The molecule has 2 aromatic rings. The van der Waals surface area contributed by atoms with Gasteiger partial charge in [0.25, 0.3) is 5.91 Å². The highest BCUT2D eigenvalue weighted by atomic mass is 16.2. The Morgan fingerprint density at radius 2 is 1.73 bits per heavy atom. The van der Waals surface area contributed by atoms with Crippen molar-refractivity contribution in [2.75, 3.05) is 25.0 Å². The number of amides is 2. The minimum atomic E-state index is -0.0588. The van der Waals surface area contributed by atoms with Gasteiger partial charge in [-0.15, -0.1) is 0 Å². The van der Waals surface area contributed by atoms with E-state index >= 15 is 0 Å². The number of anilines is 1. The van der Waals surface area contributed by atoms with Crippen molar-refractivity contribution in [2.24, 2.45) is 0 Å². The number of carbonyl (C=O) groups excluding carboxylic acids is 2. The molecule has 0 saturated carbocycles. The van der Waals surface area contributed by atoms with Gasteiger partial charge in [-0.05, 0) is 80.3 Å². The highest BCUT2D eigenvalue weighted by Gasteiger charge is 2.19. The van der Waals surface area contributed by atoms with Crippen molar-refractivity contribution in [3.63, 3.8) is 0 Å². The van der Waals surface area contributed by atoms with Crippen molar-refractivity contribution in [2.45, 2.75) is 51.5 Å². The normalized spacial score (nSPS) is 16.6. The van der Waals surface area contributed by atoms with Gasteiger partial charge in [-0.25, -0.2) is 0 Å². The lowest BCUT2D eigenvalue weighted by atomic mass is 9.89. The van der Waals surface area contributed by atoms with Gasteiger partial charge in [0.15, 0.2) is 0 Å². The maximum atomic E-state index is 12.6. The fourth-order valence-electron chi connectivity index (χ4n) is 4.45. The van der Waals surface area contributed by atoms with Gasteiger partial charge < -0.3 is 15.5 Å². The van der Waals surface area contributed by atoms with Gasteiger partial charge in [-0.3, -0.25) is 9.59 Å². The van der Waals surface area contributed by atoms with E-state index in [4.69, 9.17) is 0 Å². The maximum Gasteiger partial charge on any atom is 0.253 e. The predicted molar refractivity (Wildman–Crippen MR) is 120 cm³/mol. The molecule has 5 heteroatoms. The summed E-state index contributed by atoms with van der Waals surface area (Å²) in [5, 5.41) is 6.23. The molecule has 2 aliphatic rings. The van der Waals surface area contributed by atoms with Crippen LogP contribution in [-0.4, -0.2) is 36.3 Å². The summed E-state index contributed by atoms with van der Waals surface area (Å²) in [5.41, 5.74) is 5.49. The van der Waals surface area contributed by atoms with Crippen LogP contribution in [-0.2, 0) is 17.6 Å². The third-order valence-electron chi connectivity index (χ3n) is 6.21. The molecule has 0 bridgehead atoms. The van der Waals surface area contributed by atoms with Crippen LogP contribution in [0.15, 0.2) is 42.5 Å². The van der Waals surface area contributed by atoms with Crippen molar-refractivity contribution >= 4 is 17.5 Å². The number of aryl methyl sites for hydroxylation is 2. The van der Waals surface area contributed by atoms with Crippen molar-refractivity contribution in [1.29, 1.82) is 0 Å². The number of hydrogen-bond acceptors (Lipinski definition) is 3. The van der Waals surface area contributed by atoms with Crippen LogP contribution in [0.2, 0.25) is 0 Å². The van der Waals surface area contributed by atoms with Gasteiger partial charge in [0.2, 0.25) is 5.91 Å². The second-order valence-corrected chi connectivity index (χ2v) is 8.46. The number of nitrogens with one attached hydrogen (secondary N) is 2. The Kier molecular flexibility index (Phi) is 6.36. The second-order valence-electron chi connectivity index (χ2n) is 8.46. The minimum absolute atomic E-state index is 0.0328. The molecule has 5 nitrogen and oxygen atoms in total. The molecule has 1 aliphatic heterocycles. The molecule has 0 spiro atoms. The largest absolute Gasteiger partial charge is 0.376 e. The summed E-state index contributed by atoms with van der Waals surface area (Å²) in [5.74, 6) is 0.0122. The number of rotatable bonds is 6. The number of likely N-dealkylation sites (tertiary alicyclic amines) is 1. The van der Waals surface area contributed by atoms with Gasteiger partial charge in [0.05, 0.1) is 12.6 Å². The zero-order valence-electron chi connectivity index (χ0n) is 17.7. The summed E-state index contributed by atoms with van der Waals surface area (Å²) >= 11 is 0. The van der Waals surface area contributed by atoms with E-state index in [9.17, 15) is 9.59 Å². The molecule has 2 aromatic carbocycles. The Morgan fingerprint density at radius 1 is 0.967 bits per heavy atom. The number of fused-ring (bicyclic) bond motifs is 1. The lowest BCUT2D eigenvalue weighted by Crippen LogP contribution is -2.32. The van der Waals surface area contributed by atoms with Crippen LogP contribution in [0, 0.1) is 0 Å². The summed E-state index contributed by atoms with van der Waals surface area (Å²) in [6.45, 7) is 3.87. The first-order chi connectivity index (χ1) is 14.6. The zero-order valence-corrected chi connectivity index (χ0v) is 17.7. The molecule has 1 saturated heterocycles. The average Bonchev–Trinajstić information content (AvgIpc) is 3.32. The Hall–Kier alpha value is -2.82. The third kappa shape index (κ3) is 4.84. The van der Waals surface area contributed by atoms with Crippen molar-refractivity contribution < 1.29 is 9.59 Å². The molecule has 1 aliphatic carbocycles. The van der Waals surface area contributed by atoms with E-state index in [0.29, 0.717) is 5.56 Å².